The molecule has 5 heteroatoms. The third-order valence-electron chi connectivity index (χ3n) is 4.64. The Kier molecular flexibility index (Phi) is 5.22. The van der Waals surface area contributed by atoms with Crippen molar-refractivity contribution >= 4 is 18.3 Å². The molecule has 1 aromatic rings. The summed E-state index contributed by atoms with van der Waals surface area (Å²) < 4.78 is 13.9. The van der Waals surface area contributed by atoms with Crippen LogP contribution < -0.4 is 10.6 Å². The molecule has 1 amide bonds. The van der Waals surface area contributed by atoms with Crippen LogP contribution >= 0.6 is 12.4 Å². The molecular weight excluding hydrogens is 291 g/mol. The van der Waals surface area contributed by atoms with Crippen LogP contribution in [0.15, 0.2) is 18.2 Å². The van der Waals surface area contributed by atoms with Crippen LogP contribution in [0.2, 0.25) is 0 Å². The molecule has 0 saturated carbocycles. The van der Waals surface area contributed by atoms with E-state index >= 15 is 0 Å². The summed E-state index contributed by atoms with van der Waals surface area (Å²) in [6.07, 6.45) is 2.57. The number of rotatable bonds is 2. The molecule has 0 bridgehead atoms. The van der Waals surface area contributed by atoms with Gasteiger partial charge in [0.05, 0.1) is 12.0 Å². The summed E-state index contributed by atoms with van der Waals surface area (Å²) in [7, 11) is 0. The topological polar surface area (TPSA) is 41.1 Å². The molecule has 2 aliphatic rings. The Hall–Kier alpha value is -1.13. The van der Waals surface area contributed by atoms with Crippen molar-refractivity contribution in [2.24, 2.45) is 11.8 Å². The van der Waals surface area contributed by atoms with Gasteiger partial charge in [-0.15, -0.1) is 12.4 Å². The minimum atomic E-state index is -0.142. The van der Waals surface area contributed by atoms with Gasteiger partial charge in [0.25, 0.3) is 0 Å². The van der Waals surface area contributed by atoms with Gasteiger partial charge in [0, 0.05) is 6.54 Å². The van der Waals surface area contributed by atoms with Crippen molar-refractivity contribution in [3.8, 4) is 0 Å². The Bertz CT molecular complexity index is 517. The van der Waals surface area contributed by atoms with Crippen LogP contribution in [0, 0.1) is 17.7 Å². The summed E-state index contributed by atoms with van der Waals surface area (Å²) in [5.74, 6) is 0.365. The van der Waals surface area contributed by atoms with Crippen LogP contribution in [0.25, 0.3) is 0 Å². The predicted molar refractivity (Wildman–Crippen MR) is 83.0 cm³/mol. The van der Waals surface area contributed by atoms with Gasteiger partial charge in [-0.2, -0.15) is 0 Å². The van der Waals surface area contributed by atoms with E-state index < -0.39 is 0 Å². The first kappa shape index (κ1) is 16.2. The first-order valence-electron chi connectivity index (χ1n) is 7.45. The molecule has 3 rings (SSSR count). The maximum Gasteiger partial charge on any atom is 0.224 e. The van der Waals surface area contributed by atoms with Crippen LogP contribution in [0.4, 0.5) is 4.39 Å². The minimum absolute atomic E-state index is 0. The second-order valence-electron chi connectivity index (χ2n) is 6.00. The monoisotopic (exact) mass is 312 g/mol. The summed E-state index contributed by atoms with van der Waals surface area (Å²) >= 11 is 0. The van der Waals surface area contributed by atoms with E-state index in [2.05, 4.69) is 17.6 Å². The molecule has 1 aliphatic heterocycles. The molecule has 0 spiro atoms. The maximum absolute atomic E-state index is 13.9. The number of fused-ring (bicyclic) bond motifs is 1. The van der Waals surface area contributed by atoms with E-state index in [1.54, 1.807) is 6.07 Å². The highest BCUT2D eigenvalue weighted by Crippen LogP contribution is 2.35. The maximum atomic E-state index is 13.9. The average molecular weight is 313 g/mol. The zero-order chi connectivity index (χ0) is 14.1. The van der Waals surface area contributed by atoms with Crippen molar-refractivity contribution in [2.75, 3.05) is 13.1 Å². The Morgan fingerprint density at radius 2 is 2.19 bits per heavy atom. The summed E-state index contributed by atoms with van der Waals surface area (Å²) in [6, 6.07) is 5.14. The number of hydrogen-bond acceptors (Lipinski definition) is 2. The second-order valence-corrected chi connectivity index (χ2v) is 6.00. The van der Waals surface area contributed by atoms with Crippen LogP contribution in [0.5, 0.6) is 0 Å². The first-order chi connectivity index (χ1) is 9.66. The number of carbonyl (C=O) groups is 1. The van der Waals surface area contributed by atoms with Crippen LogP contribution in [0.3, 0.4) is 0 Å². The highest BCUT2D eigenvalue weighted by molar-refractivity contribution is 5.85. The fraction of sp³-hybridized carbons (Fsp3) is 0.562. The van der Waals surface area contributed by atoms with Crippen molar-refractivity contribution in [2.45, 2.75) is 32.2 Å². The van der Waals surface area contributed by atoms with E-state index in [9.17, 15) is 9.18 Å². The lowest BCUT2D eigenvalue weighted by atomic mass is 9.80. The lowest BCUT2D eigenvalue weighted by Gasteiger charge is -2.33. The van der Waals surface area contributed by atoms with Gasteiger partial charge in [-0.25, -0.2) is 4.39 Å². The second kappa shape index (κ2) is 6.75. The van der Waals surface area contributed by atoms with Gasteiger partial charge >= 0.3 is 0 Å². The number of hydrogen-bond donors (Lipinski definition) is 2. The van der Waals surface area contributed by atoms with E-state index in [0.717, 1.165) is 43.5 Å². The van der Waals surface area contributed by atoms with E-state index in [4.69, 9.17) is 0 Å². The fourth-order valence-corrected chi connectivity index (χ4v) is 3.35. The van der Waals surface area contributed by atoms with Crippen molar-refractivity contribution in [3.05, 3.63) is 35.1 Å². The predicted octanol–water partition coefficient (Wildman–Crippen LogP) is 2.60. The molecule has 3 atom stereocenters. The number of halogens is 2. The van der Waals surface area contributed by atoms with E-state index in [1.165, 1.54) is 6.07 Å². The average Bonchev–Trinajstić information content (AvgIpc) is 2.96. The van der Waals surface area contributed by atoms with Crippen LogP contribution in [-0.4, -0.2) is 19.0 Å². The number of benzene rings is 1. The zero-order valence-electron chi connectivity index (χ0n) is 12.2. The Morgan fingerprint density at radius 1 is 1.38 bits per heavy atom. The highest BCUT2D eigenvalue weighted by atomic mass is 35.5. The first-order valence-corrected chi connectivity index (χ1v) is 7.45. The van der Waals surface area contributed by atoms with E-state index in [-0.39, 0.29) is 36.1 Å². The molecule has 116 valence electrons. The van der Waals surface area contributed by atoms with Gasteiger partial charge in [0.2, 0.25) is 5.91 Å². The largest absolute Gasteiger partial charge is 0.349 e. The van der Waals surface area contributed by atoms with Gasteiger partial charge in [-0.1, -0.05) is 19.1 Å². The van der Waals surface area contributed by atoms with Gasteiger partial charge < -0.3 is 10.6 Å². The summed E-state index contributed by atoms with van der Waals surface area (Å²) in [5, 5.41) is 6.36. The standard InChI is InChI=1S/C16H21FN2O.ClH/c1-10-5-6-12-13(3-2-4-14(12)17)15(10)19-16(20)11-7-8-18-9-11;/h2-4,10-11,15,18H,5-9H2,1H3,(H,19,20);1H. The molecule has 1 heterocycles. The molecular formula is C16H22ClFN2O. The molecule has 0 radical (unpaired) electrons. The van der Waals surface area contributed by atoms with Gasteiger partial charge in [0.1, 0.15) is 5.82 Å². The number of nitrogens with one attached hydrogen (secondary N) is 2. The van der Waals surface area contributed by atoms with Crippen molar-refractivity contribution in [3.63, 3.8) is 0 Å². The summed E-state index contributed by atoms with van der Waals surface area (Å²) in [4.78, 5) is 12.3. The molecule has 1 aromatic carbocycles. The van der Waals surface area contributed by atoms with Crippen molar-refractivity contribution in [1.82, 2.24) is 10.6 Å². The Labute approximate surface area is 131 Å². The van der Waals surface area contributed by atoms with Crippen molar-refractivity contribution in [1.29, 1.82) is 0 Å². The Balaban J connectivity index is 0.00000161. The molecule has 2 N–H and O–H groups in total. The normalized spacial score (nSPS) is 27.6. The van der Waals surface area contributed by atoms with Crippen molar-refractivity contribution < 1.29 is 9.18 Å². The van der Waals surface area contributed by atoms with Gasteiger partial charge in [0.15, 0.2) is 0 Å². The lowest BCUT2D eigenvalue weighted by molar-refractivity contribution is -0.125. The molecule has 0 aromatic heterocycles. The molecule has 21 heavy (non-hydrogen) atoms. The smallest absolute Gasteiger partial charge is 0.224 e. The molecule has 3 nitrogen and oxygen atoms in total. The molecule has 1 aliphatic carbocycles. The van der Waals surface area contributed by atoms with Gasteiger partial charge in [-0.05, 0) is 48.9 Å². The molecule has 3 unspecified atom stereocenters. The minimum Gasteiger partial charge on any atom is -0.349 e. The quantitative estimate of drug-likeness (QED) is 0.881. The summed E-state index contributed by atoms with van der Waals surface area (Å²) in [6.45, 7) is 3.79. The highest BCUT2D eigenvalue weighted by Gasteiger charge is 2.31. The number of carbonyl (C=O) groups excluding carboxylic acids is 1. The lowest BCUT2D eigenvalue weighted by Crippen LogP contribution is -2.39. The number of amides is 1. The fourth-order valence-electron chi connectivity index (χ4n) is 3.35. The van der Waals surface area contributed by atoms with Gasteiger partial charge in [-0.3, -0.25) is 4.79 Å². The molecule has 1 fully saturated rings. The summed E-state index contributed by atoms with van der Waals surface area (Å²) in [5.41, 5.74) is 1.74. The van der Waals surface area contributed by atoms with Crippen LogP contribution in [0.1, 0.15) is 36.9 Å². The van der Waals surface area contributed by atoms with E-state index in [1.807, 2.05) is 6.07 Å². The van der Waals surface area contributed by atoms with Crippen LogP contribution in [-0.2, 0) is 11.2 Å². The molecule has 1 saturated heterocycles. The van der Waals surface area contributed by atoms with E-state index in [0.29, 0.717) is 5.92 Å². The Morgan fingerprint density at radius 3 is 2.90 bits per heavy atom. The third kappa shape index (κ3) is 3.22. The zero-order valence-corrected chi connectivity index (χ0v) is 13.0. The third-order valence-corrected chi connectivity index (χ3v) is 4.64. The SMILES string of the molecule is CC1CCc2c(F)cccc2C1NC(=O)C1CCNC1.Cl.